The summed E-state index contributed by atoms with van der Waals surface area (Å²) < 4.78 is 0.490. The highest BCUT2D eigenvalue weighted by Crippen LogP contribution is 2.31. The number of likely N-dealkylation sites (N-methyl/N-ethyl adjacent to an activating group) is 1. The number of aromatic hydroxyl groups is 1. The van der Waals surface area contributed by atoms with E-state index in [1.54, 1.807) is 37.4 Å². The number of nitrogens with one attached hydrogen (secondary N) is 1. The maximum absolute atomic E-state index is 12.3. The minimum absolute atomic E-state index is 0.165. The van der Waals surface area contributed by atoms with Crippen molar-refractivity contribution in [1.82, 2.24) is 4.90 Å². The smallest absolute Gasteiger partial charge is 0.339 e. The SMILES string of the molecule is CN1C(=O)C(=Cc2ccc(C(=O)Nc3ccc(C(=O)O)c(O)c3)cc2)SC1=S. The zero-order valence-corrected chi connectivity index (χ0v) is 16.1. The summed E-state index contributed by atoms with van der Waals surface area (Å²) >= 11 is 6.30. The van der Waals surface area contributed by atoms with Crippen LogP contribution in [0.25, 0.3) is 6.08 Å². The summed E-state index contributed by atoms with van der Waals surface area (Å²) in [7, 11) is 1.62. The van der Waals surface area contributed by atoms with Crippen molar-refractivity contribution in [2.75, 3.05) is 12.4 Å². The van der Waals surface area contributed by atoms with Crippen LogP contribution in [0.2, 0.25) is 0 Å². The highest BCUT2D eigenvalue weighted by Gasteiger charge is 2.28. The van der Waals surface area contributed by atoms with Gasteiger partial charge in [0.1, 0.15) is 15.6 Å². The van der Waals surface area contributed by atoms with Crippen molar-refractivity contribution in [3.8, 4) is 5.75 Å². The largest absolute Gasteiger partial charge is 0.507 e. The fourth-order valence-corrected chi connectivity index (χ4v) is 3.60. The lowest BCUT2D eigenvalue weighted by molar-refractivity contribution is -0.121. The van der Waals surface area contributed by atoms with Crippen LogP contribution in [0.3, 0.4) is 0 Å². The lowest BCUT2D eigenvalue weighted by Gasteiger charge is -2.07. The normalized spacial score (nSPS) is 15.2. The van der Waals surface area contributed by atoms with Crippen molar-refractivity contribution in [2.24, 2.45) is 0 Å². The minimum Gasteiger partial charge on any atom is -0.507 e. The standard InChI is InChI=1S/C19H14N2O5S2/c1-21-17(24)15(28-19(21)27)8-10-2-4-11(5-3-10)16(23)20-12-6-7-13(18(25)26)14(22)9-12/h2-9,22H,1H3,(H,20,23)(H,25,26). The Morgan fingerprint density at radius 1 is 1.18 bits per heavy atom. The number of hydrogen-bond acceptors (Lipinski definition) is 6. The Kier molecular flexibility index (Phi) is 5.48. The number of carbonyl (C=O) groups excluding carboxylic acids is 2. The molecule has 0 unspecified atom stereocenters. The maximum Gasteiger partial charge on any atom is 0.339 e. The molecule has 0 atom stereocenters. The first-order valence-electron chi connectivity index (χ1n) is 7.95. The molecule has 1 fully saturated rings. The molecule has 3 N–H and O–H groups in total. The van der Waals surface area contributed by atoms with Crippen LogP contribution < -0.4 is 5.32 Å². The summed E-state index contributed by atoms with van der Waals surface area (Å²) in [6.07, 6.45) is 1.70. The van der Waals surface area contributed by atoms with E-state index in [-0.39, 0.29) is 17.2 Å². The van der Waals surface area contributed by atoms with E-state index in [2.05, 4.69) is 5.32 Å². The first kappa shape index (κ1) is 19.6. The molecule has 0 bridgehead atoms. The predicted octanol–water partition coefficient (Wildman–Crippen LogP) is 3.17. The highest BCUT2D eigenvalue weighted by atomic mass is 32.2. The molecule has 1 aliphatic rings. The van der Waals surface area contributed by atoms with Crippen LogP contribution in [0.15, 0.2) is 47.4 Å². The summed E-state index contributed by atoms with van der Waals surface area (Å²) in [6, 6.07) is 10.4. The van der Waals surface area contributed by atoms with Crippen LogP contribution in [0.1, 0.15) is 26.3 Å². The third-order valence-corrected chi connectivity index (χ3v) is 5.43. The van der Waals surface area contributed by atoms with E-state index in [0.29, 0.717) is 14.8 Å². The first-order valence-corrected chi connectivity index (χ1v) is 9.18. The van der Waals surface area contributed by atoms with Gasteiger partial charge in [-0.2, -0.15) is 0 Å². The average molecular weight is 414 g/mol. The number of carboxylic acid groups (broad SMARTS) is 1. The van der Waals surface area contributed by atoms with Crippen LogP contribution in [0.5, 0.6) is 5.75 Å². The number of carbonyl (C=O) groups is 3. The van der Waals surface area contributed by atoms with Crippen molar-refractivity contribution in [3.05, 3.63) is 64.1 Å². The number of aromatic carboxylic acids is 1. The third kappa shape index (κ3) is 4.05. The van der Waals surface area contributed by atoms with Crippen molar-refractivity contribution in [3.63, 3.8) is 0 Å². The number of nitrogens with zero attached hydrogens (tertiary/aromatic N) is 1. The molecular weight excluding hydrogens is 400 g/mol. The van der Waals surface area contributed by atoms with Crippen LogP contribution in [0, 0.1) is 0 Å². The molecule has 2 amide bonds. The van der Waals surface area contributed by atoms with E-state index in [1.165, 1.54) is 34.9 Å². The molecule has 0 spiro atoms. The number of carboxylic acids is 1. The molecule has 3 rings (SSSR count). The molecule has 7 nitrogen and oxygen atoms in total. The molecule has 0 radical (unpaired) electrons. The molecule has 0 aliphatic carbocycles. The van der Waals surface area contributed by atoms with E-state index < -0.39 is 17.6 Å². The van der Waals surface area contributed by atoms with E-state index >= 15 is 0 Å². The van der Waals surface area contributed by atoms with E-state index in [1.807, 2.05) is 0 Å². The zero-order chi connectivity index (χ0) is 20.4. The molecule has 28 heavy (non-hydrogen) atoms. The lowest BCUT2D eigenvalue weighted by atomic mass is 10.1. The van der Waals surface area contributed by atoms with Crippen LogP contribution in [-0.2, 0) is 4.79 Å². The molecule has 2 aromatic carbocycles. The Bertz CT molecular complexity index is 1030. The molecular formula is C19H14N2O5S2. The third-order valence-electron chi connectivity index (χ3n) is 3.94. The monoisotopic (exact) mass is 414 g/mol. The minimum atomic E-state index is -1.26. The number of benzene rings is 2. The summed E-state index contributed by atoms with van der Waals surface area (Å²) in [6.45, 7) is 0. The Labute approximate surface area is 169 Å². The van der Waals surface area contributed by atoms with Gasteiger partial charge in [-0.3, -0.25) is 14.5 Å². The van der Waals surface area contributed by atoms with Gasteiger partial charge in [-0.25, -0.2) is 4.79 Å². The zero-order valence-electron chi connectivity index (χ0n) is 14.5. The number of anilines is 1. The fraction of sp³-hybridized carbons (Fsp3) is 0.0526. The van der Waals surface area contributed by atoms with Crippen LogP contribution in [-0.4, -0.2) is 44.3 Å². The molecule has 9 heteroatoms. The van der Waals surface area contributed by atoms with E-state index in [9.17, 15) is 19.5 Å². The second-order valence-electron chi connectivity index (χ2n) is 5.85. The van der Waals surface area contributed by atoms with Gasteiger partial charge in [-0.05, 0) is 35.9 Å². The van der Waals surface area contributed by atoms with Crippen molar-refractivity contribution in [1.29, 1.82) is 0 Å². The second-order valence-corrected chi connectivity index (χ2v) is 7.53. The number of rotatable bonds is 4. The van der Waals surface area contributed by atoms with Crippen molar-refractivity contribution in [2.45, 2.75) is 0 Å². The molecule has 1 aliphatic heterocycles. The van der Waals surface area contributed by atoms with E-state index in [4.69, 9.17) is 17.3 Å². The van der Waals surface area contributed by atoms with Gasteiger partial charge in [0.15, 0.2) is 0 Å². The predicted molar refractivity (Wildman–Crippen MR) is 110 cm³/mol. The molecule has 0 saturated carbocycles. The highest BCUT2D eigenvalue weighted by molar-refractivity contribution is 8.26. The Morgan fingerprint density at radius 3 is 2.39 bits per heavy atom. The van der Waals surface area contributed by atoms with Gasteiger partial charge in [-0.15, -0.1) is 0 Å². The van der Waals surface area contributed by atoms with Gasteiger partial charge in [0.2, 0.25) is 0 Å². The Morgan fingerprint density at radius 2 is 1.86 bits per heavy atom. The van der Waals surface area contributed by atoms with Crippen molar-refractivity contribution >= 4 is 57.8 Å². The number of thiocarbonyl (C=S) groups is 1. The maximum atomic E-state index is 12.3. The topological polar surface area (TPSA) is 107 Å². The molecule has 1 saturated heterocycles. The van der Waals surface area contributed by atoms with Gasteiger partial charge in [-0.1, -0.05) is 36.1 Å². The Hall–Kier alpha value is -3.17. The van der Waals surface area contributed by atoms with Crippen LogP contribution in [0.4, 0.5) is 5.69 Å². The summed E-state index contributed by atoms with van der Waals surface area (Å²) in [5, 5.41) is 21.2. The molecule has 0 aromatic heterocycles. The summed E-state index contributed by atoms with van der Waals surface area (Å²) in [5.74, 6) is -2.28. The molecule has 2 aromatic rings. The van der Waals surface area contributed by atoms with Gasteiger partial charge in [0.05, 0.1) is 4.91 Å². The second kappa shape index (κ2) is 7.83. The molecule has 142 valence electrons. The lowest BCUT2D eigenvalue weighted by Crippen LogP contribution is -2.22. The average Bonchev–Trinajstić information content (AvgIpc) is 2.89. The van der Waals surface area contributed by atoms with Crippen molar-refractivity contribution < 1.29 is 24.6 Å². The van der Waals surface area contributed by atoms with Gasteiger partial charge < -0.3 is 15.5 Å². The summed E-state index contributed by atoms with van der Waals surface area (Å²) in [4.78, 5) is 37.2. The first-order chi connectivity index (χ1) is 13.3. The molecule has 1 heterocycles. The van der Waals surface area contributed by atoms with Gasteiger partial charge in [0.25, 0.3) is 11.8 Å². The summed E-state index contributed by atoms with van der Waals surface area (Å²) in [5.41, 5.74) is 1.12. The van der Waals surface area contributed by atoms with Gasteiger partial charge >= 0.3 is 5.97 Å². The Balaban J connectivity index is 1.72. The van der Waals surface area contributed by atoms with Crippen LogP contribution >= 0.6 is 24.0 Å². The number of phenols is 1. The number of hydrogen-bond donors (Lipinski definition) is 3. The van der Waals surface area contributed by atoms with E-state index in [0.717, 1.165) is 5.56 Å². The quantitative estimate of drug-likeness (QED) is 0.521. The number of amides is 2. The van der Waals surface area contributed by atoms with Gasteiger partial charge in [0, 0.05) is 24.4 Å². The number of thioether (sulfide) groups is 1. The fourth-order valence-electron chi connectivity index (χ4n) is 2.42.